The third-order valence-electron chi connectivity index (χ3n) is 3.56. The Bertz CT molecular complexity index is 549. The molecule has 0 amide bonds. The van der Waals surface area contributed by atoms with Crippen molar-refractivity contribution in [2.45, 2.75) is 12.7 Å². The van der Waals surface area contributed by atoms with Crippen molar-refractivity contribution in [3.63, 3.8) is 0 Å². The number of alkyl halides is 3. The van der Waals surface area contributed by atoms with Gasteiger partial charge in [0.05, 0.1) is 16.3 Å². The van der Waals surface area contributed by atoms with Gasteiger partial charge in [-0.2, -0.15) is 13.2 Å². The summed E-state index contributed by atoms with van der Waals surface area (Å²) in [4.78, 5) is 12.3. The van der Waals surface area contributed by atoms with Crippen LogP contribution in [0.2, 0.25) is 0 Å². The van der Waals surface area contributed by atoms with E-state index in [0.29, 0.717) is 0 Å². The molecule has 8 heteroatoms. The first-order chi connectivity index (χ1) is 9.70. The van der Waals surface area contributed by atoms with Crippen molar-refractivity contribution in [3.8, 4) is 0 Å². The number of nitrogens with zero attached hydrogens (tertiary/aromatic N) is 1. The van der Waals surface area contributed by atoms with Gasteiger partial charge in [0.25, 0.3) is 0 Å². The second-order valence-corrected chi connectivity index (χ2v) is 5.85. The van der Waals surface area contributed by atoms with Gasteiger partial charge in [-0.05, 0) is 22.0 Å². The maximum atomic E-state index is 13.8. The molecule has 1 N–H and O–H groups in total. The molecule has 1 saturated heterocycles. The standard InChI is InChI=1S/C13H12BrF4NO2/c14-10-3-1-2-7(11(10)15)4-19-5-8(12(20)21)9(6-19)13(16,17)18/h1-3,8-9H,4-6H2,(H,20,21)/t8-,9-/m1/s1. The van der Waals surface area contributed by atoms with Gasteiger partial charge in [0.15, 0.2) is 0 Å². The Balaban J connectivity index is 2.16. The molecule has 0 radical (unpaired) electrons. The molecule has 2 rings (SSSR count). The van der Waals surface area contributed by atoms with E-state index in [9.17, 15) is 22.4 Å². The van der Waals surface area contributed by atoms with Crippen LogP contribution in [-0.4, -0.2) is 35.2 Å². The Morgan fingerprint density at radius 1 is 1.38 bits per heavy atom. The smallest absolute Gasteiger partial charge is 0.393 e. The number of aliphatic carboxylic acids is 1. The Kier molecular flexibility index (Phi) is 4.57. The minimum absolute atomic E-state index is 0.0539. The highest BCUT2D eigenvalue weighted by Gasteiger charge is 2.52. The summed E-state index contributed by atoms with van der Waals surface area (Å²) < 4.78 is 52.6. The minimum Gasteiger partial charge on any atom is -0.481 e. The van der Waals surface area contributed by atoms with E-state index in [4.69, 9.17) is 5.11 Å². The van der Waals surface area contributed by atoms with Crippen LogP contribution in [-0.2, 0) is 11.3 Å². The van der Waals surface area contributed by atoms with Crippen LogP contribution >= 0.6 is 15.9 Å². The third-order valence-corrected chi connectivity index (χ3v) is 4.17. The Labute approximate surface area is 126 Å². The molecule has 1 aromatic rings. The van der Waals surface area contributed by atoms with Gasteiger partial charge < -0.3 is 5.11 Å². The van der Waals surface area contributed by atoms with E-state index in [1.165, 1.54) is 17.0 Å². The van der Waals surface area contributed by atoms with Crippen molar-refractivity contribution in [2.75, 3.05) is 13.1 Å². The molecule has 1 aliphatic rings. The van der Waals surface area contributed by atoms with E-state index in [1.807, 2.05) is 0 Å². The van der Waals surface area contributed by atoms with E-state index in [1.54, 1.807) is 6.07 Å². The fourth-order valence-electron chi connectivity index (χ4n) is 2.51. The molecule has 21 heavy (non-hydrogen) atoms. The van der Waals surface area contributed by atoms with Gasteiger partial charge in [0.2, 0.25) is 0 Å². The molecule has 2 atom stereocenters. The number of hydrogen-bond donors (Lipinski definition) is 1. The van der Waals surface area contributed by atoms with E-state index >= 15 is 0 Å². The minimum atomic E-state index is -4.58. The molecule has 3 nitrogen and oxygen atoms in total. The summed E-state index contributed by atoms with van der Waals surface area (Å²) in [6, 6.07) is 4.53. The number of likely N-dealkylation sites (tertiary alicyclic amines) is 1. The lowest BCUT2D eigenvalue weighted by molar-refractivity contribution is -0.188. The summed E-state index contributed by atoms with van der Waals surface area (Å²) in [7, 11) is 0. The molecular weight excluding hydrogens is 358 g/mol. The third kappa shape index (κ3) is 3.55. The molecule has 1 aliphatic heterocycles. The van der Waals surface area contributed by atoms with Crippen LogP contribution in [0.15, 0.2) is 22.7 Å². The van der Waals surface area contributed by atoms with Crippen molar-refractivity contribution in [1.29, 1.82) is 0 Å². The lowest BCUT2D eigenvalue weighted by Gasteiger charge is -2.18. The second kappa shape index (κ2) is 5.92. The summed E-state index contributed by atoms with van der Waals surface area (Å²) in [5, 5.41) is 8.92. The first kappa shape index (κ1) is 16.2. The molecule has 1 heterocycles. The SMILES string of the molecule is O=C(O)[C@@H]1CN(Cc2cccc(Br)c2F)C[C@H]1C(F)(F)F. The van der Waals surface area contributed by atoms with E-state index in [0.717, 1.165) is 0 Å². The van der Waals surface area contributed by atoms with Gasteiger partial charge in [-0.1, -0.05) is 12.1 Å². The number of rotatable bonds is 3. The van der Waals surface area contributed by atoms with Crippen molar-refractivity contribution < 1.29 is 27.5 Å². The molecule has 0 unspecified atom stereocenters. The first-order valence-corrected chi connectivity index (χ1v) is 6.94. The van der Waals surface area contributed by atoms with Crippen LogP contribution < -0.4 is 0 Å². The molecule has 1 aromatic carbocycles. The molecule has 1 fully saturated rings. The fourth-order valence-corrected chi connectivity index (χ4v) is 2.92. The number of hydrogen-bond acceptors (Lipinski definition) is 2. The average molecular weight is 370 g/mol. The highest BCUT2D eigenvalue weighted by Crippen LogP contribution is 2.38. The zero-order valence-electron chi connectivity index (χ0n) is 10.7. The van der Waals surface area contributed by atoms with Gasteiger partial charge in [-0.15, -0.1) is 0 Å². The summed E-state index contributed by atoms with van der Waals surface area (Å²) in [6.45, 7) is -0.737. The highest BCUT2D eigenvalue weighted by molar-refractivity contribution is 9.10. The number of carboxylic acids is 1. The molecular formula is C13H12BrF4NO2. The van der Waals surface area contributed by atoms with Gasteiger partial charge in [0.1, 0.15) is 5.82 Å². The van der Waals surface area contributed by atoms with Crippen LogP contribution in [0.25, 0.3) is 0 Å². The number of carboxylic acid groups (broad SMARTS) is 1. The van der Waals surface area contributed by atoms with Crippen LogP contribution in [0, 0.1) is 17.7 Å². The quantitative estimate of drug-likeness (QED) is 0.831. The Morgan fingerprint density at radius 2 is 2.05 bits per heavy atom. The molecule has 0 bridgehead atoms. The van der Waals surface area contributed by atoms with Crippen molar-refractivity contribution in [1.82, 2.24) is 4.90 Å². The van der Waals surface area contributed by atoms with Crippen molar-refractivity contribution in [2.24, 2.45) is 11.8 Å². The molecule has 0 saturated carbocycles. The van der Waals surface area contributed by atoms with Crippen LogP contribution in [0.1, 0.15) is 5.56 Å². The zero-order valence-corrected chi connectivity index (χ0v) is 12.3. The van der Waals surface area contributed by atoms with Gasteiger partial charge >= 0.3 is 12.1 Å². The van der Waals surface area contributed by atoms with Crippen LogP contribution in [0.4, 0.5) is 17.6 Å². The predicted octanol–water partition coefficient (Wildman–Crippen LogP) is 3.28. The van der Waals surface area contributed by atoms with Gasteiger partial charge in [0, 0.05) is 25.2 Å². The van der Waals surface area contributed by atoms with E-state index in [-0.39, 0.29) is 23.1 Å². The number of benzene rings is 1. The highest BCUT2D eigenvalue weighted by atomic mass is 79.9. The Hall–Kier alpha value is -1.15. The molecule has 0 aromatic heterocycles. The molecule has 0 spiro atoms. The summed E-state index contributed by atoms with van der Waals surface area (Å²) >= 11 is 3.01. The Morgan fingerprint density at radius 3 is 2.57 bits per heavy atom. The van der Waals surface area contributed by atoms with E-state index < -0.39 is 36.3 Å². The lowest BCUT2D eigenvalue weighted by Crippen LogP contribution is -2.33. The maximum Gasteiger partial charge on any atom is 0.393 e. The molecule has 116 valence electrons. The topological polar surface area (TPSA) is 40.5 Å². The number of carbonyl (C=O) groups is 1. The normalized spacial score (nSPS) is 23.5. The van der Waals surface area contributed by atoms with Gasteiger partial charge in [-0.25, -0.2) is 4.39 Å². The monoisotopic (exact) mass is 369 g/mol. The summed E-state index contributed by atoms with van der Waals surface area (Å²) in [6.07, 6.45) is -4.58. The number of halogens is 5. The van der Waals surface area contributed by atoms with Crippen LogP contribution in [0.3, 0.4) is 0 Å². The zero-order chi connectivity index (χ0) is 15.8. The van der Waals surface area contributed by atoms with Crippen LogP contribution in [0.5, 0.6) is 0 Å². The second-order valence-electron chi connectivity index (χ2n) is 5.00. The predicted molar refractivity (Wildman–Crippen MR) is 70.0 cm³/mol. The van der Waals surface area contributed by atoms with Crippen molar-refractivity contribution in [3.05, 3.63) is 34.1 Å². The summed E-state index contributed by atoms with van der Waals surface area (Å²) in [5.74, 6) is -5.46. The lowest BCUT2D eigenvalue weighted by atomic mass is 9.96. The average Bonchev–Trinajstić information content (AvgIpc) is 2.79. The first-order valence-electron chi connectivity index (χ1n) is 6.15. The fraction of sp³-hybridized carbons (Fsp3) is 0.462. The van der Waals surface area contributed by atoms with Crippen molar-refractivity contribution >= 4 is 21.9 Å². The van der Waals surface area contributed by atoms with Gasteiger partial charge in [-0.3, -0.25) is 9.69 Å². The largest absolute Gasteiger partial charge is 0.481 e. The summed E-state index contributed by atoms with van der Waals surface area (Å²) in [5.41, 5.74) is 0.233. The molecule has 0 aliphatic carbocycles. The maximum absolute atomic E-state index is 13.8. The van der Waals surface area contributed by atoms with E-state index in [2.05, 4.69) is 15.9 Å².